The summed E-state index contributed by atoms with van der Waals surface area (Å²) in [6, 6.07) is 3.46. The zero-order valence-corrected chi connectivity index (χ0v) is 17.0. The lowest BCUT2D eigenvalue weighted by Crippen LogP contribution is -2.43. The number of nitrogens with one attached hydrogen (secondary N) is 2. The van der Waals surface area contributed by atoms with E-state index in [4.69, 9.17) is 4.74 Å². The minimum absolute atomic E-state index is 0. The molecule has 0 bridgehead atoms. The number of halogens is 5. The summed E-state index contributed by atoms with van der Waals surface area (Å²) in [5.41, 5.74) is 0.120. The average Bonchev–Trinajstić information content (AvgIpc) is 2.62. The van der Waals surface area contributed by atoms with E-state index in [1.807, 2.05) is 4.90 Å². The molecule has 2 fully saturated rings. The fourth-order valence-electron chi connectivity index (χ4n) is 3.40. The van der Waals surface area contributed by atoms with E-state index in [9.17, 15) is 18.0 Å². The second kappa shape index (κ2) is 11.1. The number of rotatable bonds is 4. The summed E-state index contributed by atoms with van der Waals surface area (Å²) in [6.45, 7) is 3.26. The lowest BCUT2D eigenvalue weighted by Gasteiger charge is -2.31. The van der Waals surface area contributed by atoms with E-state index in [0.29, 0.717) is 25.4 Å². The number of hydrogen-bond donors (Lipinski definition) is 2. The van der Waals surface area contributed by atoms with E-state index in [2.05, 4.69) is 10.6 Å². The van der Waals surface area contributed by atoms with Crippen molar-refractivity contribution in [2.24, 2.45) is 0 Å². The summed E-state index contributed by atoms with van der Waals surface area (Å²) in [5, 5.41) is 5.86. The van der Waals surface area contributed by atoms with Gasteiger partial charge in [-0.2, -0.15) is 13.2 Å². The summed E-state index contributed by atoms with van der Waals surface area (Å²) >= 11 is 0. The molecule has 28 heavy (non-hydrogen) atoms. The Morgan fingerprint density at radius 1 is 1.21 bits per heavy atom. The third kappa shape index (κ3) is 6.69. The number of piperidine rings is 1. The summed E-state index contributed by atoms with van der Waals surface area (Å²) in [7, 11) is 0. The number of alkyl halides is 3. The van der Waals surface area contributed by atoms with Gasteiger partial charge in [-0.15, -0.1) is 24.8 Å². The number of benzene rings is 1. The zero-order chi connectivity index (χ0) is 18.6. The number of amides is 1. The molecule has 0 aliphatic carbocycles. The molecule has 0 saturated carbocycles. The average molecular weight is 444 g/mol. The second-order valence-electron chi connectivity index (χ2n) is 6.76. The van der Waals surface area contributed by atoms with Crippen molar-refractivity contribution in [3.63, 3.8) is 0 Å². The minimum atomic E-state index is -4.45. The van der Waals surface area contributed by atoms with Crippen LogP contribution in [-0.2, 0) is 15.7 Å². The molecule has 0 aromatic heterocycles. The van der Waals surface area contributed by atoms with Gasteiger partial charge >= 0.3 is 6.18 Å². The summed E-state index contributed by atoms with van der Waals surface area (Å²) < 4.78 is 44.6. The topological polar surface area (TPSA) is 53.6 Å². The summed E-state index contributed by atoms with van der Waals surface area (Å²) in [4.78, 5) is 14.4. The quantitative estimate of drug-likeness (QED) is 0.741. The number of hydrogen-bond acceptors (Lipinski definition) is 4. The number of carbonyl (C=O) groups excluding carboxylic acids is 1. The van der Waals surface area contributed by atoms with E-state index in [0.717, 1.165) is 44.5 Å². The van der Waals surface area contributed by atoms with Crippen molar-refractivity contribution >= 4 is 42.1 Å². The molecule has 5 nitrogen and oxygen atoms in total. The Balaban J connectivity index is 0.00000196. The van der Waals surface area contributed by atoms with Crippen LogP contribution in [0.1, 0.15) is 31.2 Å². The van der Waals surface area contributed by atoms with Crippen molar-refractivity contribution < 1.29 is 22.7 Å². The van der Waals surface area contributed by atoms with Crippen LogP contribution in [0.15, 0.2) is 18.2 Å². The van der Waals surface area contributed by atoms with Crippen molar-refractivity contribution in [2.75, 3.05) is 43.1 Å². The molecule has 0 radical (unpaired) electrons. The molecule has 2 saturated heterocycles. The largest absolute Gasteiger partial charge is 0.416 e. The van der Waals surface area contributed by atoms with Crippen molar-refractivity contribution in [3.05, 3.63) is 23.8 Å². The molecule has 160 valence electrons. The summed E-state index contributed by atoms with van der Waals surface area (Å²) in [6.07, 6.45) is -1.17. The van der Waals surface area contributed by atoms with Crippen molar-refractivity contribution in [2.45, 2.75) is 37.9 Å². The highest BCUT2D eigenvalue weighted by atomic mass is 35.5. The first-order valence-corrected chi connectivity index (χ1v) is 9.00. The predicted molar refractivity (Wildman–Crippen MR) is 108 cm³/mol. The van der Waals surface area contributed by atoms with E-state index in [1.54, 1.807) is 0 Å². The molecule has 2 aliphatic rings. The van der Waals surface area contributed by atoms with E-state index in [-0.39, 0.29) is 48.9 Å². The number of nitrogens with zero attached hydrogens (tertiary/aromatic N) is 1. The van der Waals surface area contributed by atoms with Crippen LogP contribution in [0.2, 0.25) is 0 Å². The van der Waals surface area contributed by atoms with Gasteiger partial charge in [-0.25, -0.2) is 0 Å². The van der Waals surface area contributed by atoms with E-state index in [1.165, 1.54) is 6.07 Å². The van der Waals surface area contributed by atoms with Crippen molar-refractivity contribution in [3.8, 4) is 0 Å². The van der Waals surface area contributed by atoms with Gasteiger partial charge in [-0.05, 0) is 37.5 Å². The number of anilines is 2. The van der Waals surface area contributed by atoms with Gasteiger partial charge < -0.3 is 20.3 Å². The Morgan fingerprint density at radius 3 is 2.54 bits per heavy atom. The van der Waals surface area contributed by atoms with Gasteiger partial charge in [0.1, 0.15) is 0 Å². The Morgan fingerprint density at radius 2 is 1.93 bits per heavy atom. The maximum Gasteiger partial charge on any atom is 0.416 e. The molecule has 2 aliphatic heterocycles. The molecule has 0 spiro atoms. The molecule has 1 unspecified atom stereocenters. The van der Waals surface area contributed by atoms with E-state index >= 15 is 0 Å². The molecule has 1 aromatic carbocycles. The van der Waals surface area contributed by atoms with Crippen LogP contribution in [0, 0.1) is 0 Å². The third-order valence-corrected chi connectivity index (χ3v) is 4.72. The first kappa shape index (κ1) is 24.8. The fraction of sp³-hybridized carbons (Fsp3) is 0.611. The van der Waals surface area contributed by atoms with Gasteiger partial charge in [0.2, 0.25) is 5.91 Å². The lowest BCUT2D eigenvalue weighted by molar-refractivity contribution is -0.137. The van der Waals surface area contributed by atoms with Gasteiger partial charge in [-0.1, -0.05) is 0 Å². The molecule has 1 amide bonds. The number of carbonyl (C=O) groups is 1. The SMILES string of the molecule is Cl.Cl.O=C(CC1COCCN1)Nc1cc(C(F)(F)F)ccc1N1CCCCC1. The highest BCUT2D eigenvalue weighted by molar-refractivity contribution is 5.95. The second-order valence-corrected chi connectivity index (χ2v) is 6.76. The van der Waals surface area contributed by atoms with Crippen LogP contribution in [0.4, 0.5) is 24.5 Å². The highest BCUT2D eigenvalue weighted by Crippen LogP contribution is 2.36. The zero-order valence-electron chi connectivity index (χ0n) is 15.4. The first-order valence-electron chi connectivity index (χ1n) is 9.00. The monoisotopic (exact) mass is 443 g/mol. The minimum Gasteiger partial charge on any atom is -0.378 e. The van der Waals surface area contributed by atoms with Gasteiger partial charge in [0.15, 0.2) is 0 Å². The Hall–Kier alpha value is -1.22. The molecule has 10 heteroatoms. The van der Waals surface area contributed by atoms with Crippen LogP contribution < -0.4 is 15.5 Å². The Labute approximate surface area is 175 Å². The maximum atomic E-state index is 13.1. The van der Waals surface area contributed by atoms with Crippen LogP contribution in [0.3, 0.4) is 0 Å². The Bertz CT molecular complexity index is 635. The summed E-state index contributed by atoms with van der Waals surface area (Å²) in [5.74, 6) is -0.314. The molecule has 1 aromatic rings. The third-order valence-electron chi connectivity index (χ3n) is 4.72. The standard InChI is InChI=1S/C18H24F3N3O2.2ClH/c19-18(20,21)13-4-5-16(24-7-2-1-3-8-24)15(10-13)23-17(25)11-14-12-26-9-6-22-14;;/h4-5,10,14,22H,1-3,6-9,11-12H2,(H,23,25);2*1H. The first-order chi connectivity index (χ1) is 12.4. The van der Waals surface area contributed by atoms with Crippen molar-refractivity contribution in [1.82, 2.24) is 5.32 Å². The Kier molecular flexibility index (Phi) is 9.83. The van der Waals surface area contributed by atoms with E-state index < -0.39 is 11.7 Å². The lowest BCUT2D eigenvalue weighted by atomic mass is 10.1. The molecule has 3 rings (SSSR count). The van der Waals surface area contributed by atoms with Crippen LogP contribution >= 0.6 is 24.8 Å². The van der Waals surface area contributed by atoms with Gasteiger partial charge in [0, 0.05) is 32.1 Å². The highest BCUT2D eigenvalue weighted by Gasteiger charge is 2.32. The number of morpholine rings is 1. The smallest absolute Gasteiger partial charge is 0.378 e. The van der Waals surface area contributed by atoms with Crippen molar-refractivity contribution in [1.29, 1.82) is 0 Å². The van der Waals surface area contributed by atoms with Gasteiger partial charge in [-0.3, -0.25) is 4.79 Å². The van der Waals surface area contributed by atoms with Gasteiger partial charge in [0.25, 0.3) is 0 Å². The molecular weight excluding hydrogens is 418 g/mol. The number of ether oxygens (including phenoxy) is 1. The maximum absolute atomic E-state index is 13.1. The normalized spacial score (nSPS) is 20.0. The van der Waals surface area contributed by atoms with Crippen LogP contribution in [0.5, 0.6) is 0 Å². The molecule has 2 N–H and O–H groups in total. The molecule has 2 heterocycles. The molecular formula is C18H26Cl2F3N3O2. The van der Waals surface area contributed by atoms with Crippen LogP contribution in [0.25, 0.3) is 0 Å². The predicted octanol–water partition coefficient (Wildman–Crippen LogP) is 3.86. The fourth-order valence-corrected chi connectivity index (χ4v) is 3.40. The van der Waals surface area contributed by atoms with Crippen LogP contribution in [-0.4, -0.2) is 44.8 Å². The molecule has 1 atom stereocenters. The van der Waals surface area contributed by atoms with Gasteiger partial charge in [0.05, 0.1) is 30.2 Å².